The van der Waals surface area contributed by atoms with Crippen LogP contribution in [0.5, 0.6) is 0 Å². The van der Waals surface area contributed by atoms with Crippen LogP contribution in [0.15, 0.2) is 0 Å². The maximum Gasteiger partial charge on any atom is 0.223 e. The summed E-state index contributed by atoms with van der Waals surface area (Å²) in [5, 5.41) is 3.18. The van der Waals surface area contributed by atoms with E-state index in [2.05, 4.69) is 24.1 Å². The molecule has 1 aliphatic heterocycles. The highest BCUT2D eigenvalue weighted by atomic mass is 16.1. The van der Waals surface area contributed by atoms with Crippen molar-refractivity contribution in [1.29, 1.82) is 0 Å². The molecule has 4 nitrogen and oxygen atoms in total. The molecule has 0 aromatic carbocycles. The number of amides is 1. The van der Waals surface area contributed by atoms with Crippen LogP contribution in [0.3, 0.4) is 0 Å². The number of hydrogen-bond donors (Lipinski definition) is 2. The molecule has 1 amide bonds. The molecular formula is C16H31N3O. The van der Waals surface area contributed by atoms with E-state index in [4.69, 9.17) is 5.73 Å². The van der Waals surface area contributed by atoms with Crippen LogP contribution in [0.1, 0.15) is 39.5 Å². The van der Waals surface area contributed by atoms with Gasteiger partial charge in [0, 0.05) is 25.6 Å². The predicted octanol–water partition coefficient (Wildman–Crippen LogP) is 1.46. The zero-order chi connectivity index (χ0) is 14.5. The fourth-order valence-corrected chi connectivity index (χ4v) is 3.80. The van der Waals surface area contributed by atoms with E-state index < -0.39 is 0 Å². The summed E-state index contributed by atoms with van der Waals surface area (Å²) < 4.78 is 0. The van der Waals surface area contributed by atoms with Crippen molar-refractivity contribution < 1.29 is 4.79 Å². The summed E-state index contributed by atoms with van der Waals surface area (Å²) in [6, 6.07) is 0. The van der Waals surface area contributed by atoms with Gasteiger partial charge in [-0.1, -0.05) is 20.3 Å². The smallest absolute Gasteiger partial charge is 0.223 e. The zero-order valence-electron chi connectivity index (χ0n) is 13.1. The third kappa shape index (κ3) is 4.19. The Morgan fingerprint density at radius 3 is 2.85 bits per heavy atom. The minimum absolute atomic E-state index is 0.174. The summed E-state index contributed by atoms with van der Waals surface area (Å²) in [4.78, 5) is 14.8. The molecule has 1 unspecified atom stereocenters. The Labute approximate surface area is 123 Å². The van der Waals surface area contributed by atoms with Crippen molar-refractivity contribution >= 4 is 5.91 Å². The fourth-order valence-electron chi connectivity index (χ4n) is 3.80. The Morgan fingerprint density at radius 2 is 2.15 bits per heavy atom. The Kier molecular flexibility index (Phi) is 5.85. The van der Waals surface area contributed by atoms with E-state index in [1.807, 2.05) is 0 Å². The number of nitrogens with zero attached hydrogens (tertiary/aromatic N) is 1. The first-order valence-corrected chi connectivity index (χ1v) is 8.30. The second-order valence-electron chi connectivity index (χ2n) is 7.09. The van der Waals surface area contributed by atoms with Crippen molar-refractivity contribution in [3.05, 3.63) is 0 Å². The van der Waals surface area contributed by atoms with Gasteiger partial charge in [-0.2, -0.15) is 0 Å². The van der Waals surface area contributed by atoms with Crippen LogP contribution in [-0.4, -0.2) is 43.5 Å². The third-order valence-corrected chi connectivity index (χ3v) is 4.86. The second kappa shape index (κ2) is 7.41. The van der Waals surface area contributed by atoms with E-state index >= 15 is 0 Å². The van der Waals surface area contributed by atoms with Gasteiger partial charge in [0.05, 0.1) is 0 Å². The highest BCUT2D eigenvalue weighted by Crippen LogP contribution is 2.31. The van der Waals surface area contributed by atoms with E-state index in [9.17, 15) is 4.79 Å². The number of carbonyl (C=O) groups is 1. The quantitative estimate of drug-likeness (QED) is 0.775. The van der Waals surface area contributed by atoms with Gasteiger partial charge in [-0.3, -0.25) is 4.79 Å². The maximum atomic E-state index is 12.3. The van der Waals surface area contributed by atoms with Gasteiger partial charge in [0.15, 0.2) is 0 Å². The van der Waals surface area contributed by atoms with Crippen molar-refractivity contribution in [3.63, 3.8) is 0 Å². The van der Waals surface area contributed by atoms with E-state index in [-0.39, 0.29) is 11.8 Å². The third-order valence-electron chi connectivity index (χ3n) is 4.86. The average Bonchev–Trinajstić information content (AvgIpc) is 3.03. The summed E-state index contributed by atoms with van der Waals surface area (Å²) in [6.45, 7) is 9.55. The Hall–Kier alpha value is -0.610. The summed E-state index contributed by atoms with van der Waals surface area (Å²) in [5.74, 6) is 2.20. The maximum absolute atomic E-state index is 12.3. The van der Waals surface area contributed by atoms with Crippen molar-refractivity contribution in [2.75, 3.05) is 32.7 Å². The lowest BCUT2D eigenvalue weighted by Crippen LogP contribution is -2.38. The van der Waals surface area contributed by atoms with Gasteiger partial charge in [0.2, 0.25) is 5.91 Å². The number of nitrogens with one attached hydrogen (secondary N) is 1. The molecule has 0 radical (unpaired) electrons. The van der Waals surface area contributed by atoms with E-state index in [0.717, 1.165) is 38.3 Å². The fraction of sp³-hybridized carbons (Fsp3) is 0.938. The first kappa shape index (κ1) is 15.8. The van der Waals surface area contributed by atoms with Crippen LogP contribution in [-0.2, 0) is 4.79 Å². The summed E-state index contributed by atoms with van der Waals surface area (Å²) >= 11 is 0. The normalized spacial score (nSPS) is 31.1. The molecule has 3 atom stereocenters. The van der Waals surface area contributed by atoms with Gasteiger partial charge in [-0.25, -0.2) is 0 Å². The summed E-state index contributed by atoms with van der Waals surface area (Å²) in [7, 11) is 0. The number of likely N-dealkylation sites (tertiary alicyclic amines) is 1. The summed E-state index contributed by atoms with van der Waals surface area (Å²) in [6.07, 6.45) is 4.53. The zero-order valence-corrected chi connectivity index (χ0v) is 13.1. The number of hydrogen-bond acceptors (Lipinski definition) is 3. The van der Waals surface area contributed by atoms with Gasteiger partial charge in [0.1, 0.15) is 0 Å². The highest BCUT2D eigenvalue weighted by molar-refractivity contribution is 5.79. The predicted molar refractivity (Wildman–Crippen MR) is 82.3 cm³/mol. The molecule has 0 spiro atoms. The molecule has 2 rings (SSSR count). The molecule has 1 heterocycles. The molecule has 1 saturated heterocycles. The van der Waals surface area contributed by atoms with E-state index in [0.29, 0.717) is 18.4 Å². The molecule has 0 aromatic heterocycles. The van der Waals surface area contributed by atoms with Gasteiger partial charge < -0.3 is 16.0 Å². The molecular weight excluding hydrogens is 250 g/mol. The minimum atomic E-state index is 0.174. The number of rotatable bonds is 6. The molecule has 0 aromatic rings. The monoisotopic (exact) mass is 281 g/mol. The molecule has 3 N–H and O–H groups in total. The van der Waals surface area contributed by atoms with Crippen molar-refractivity contribution in [2.24, 2.45) is 29.4 Å². The van der Waals surface area contributed by atoms with Crippen LogP contribution in [0.4, 0.5) is 0 Å². The first-order chi connectivity index (χ1) is 9.60. The Bertz CT molecular complexity index is 319. The van der Waals surface area contributed by atoms with Crippen molar-refractivity contribution in [3.8, 4) is 0 Å². The molecule has 0 bridgehead atoms. The SMILES string of the molecule is CC(C)CN1CCC(CNC(=O)[C@@H]2CCC[C@@H]2CN)C1. The molecule has 1 saturated carbocycles. The van der Waals surface area contributed by atoms with Gasteiger partial charge in [-0.05, 0) is 50.1 Å². The molecule has 20 heavy (non-hydrogen) atoms. The van der Waals surface area contributed by atoms with E-state index in [1.54, 1.807) is 0 Å². The first-order valence-electron chi connectivity index (χ1n) is 8.30. The van der Waals surface area contributed by atoms with Gasteiger partial charge >= 0.3 is 0 Å². The lowest BCUT2D eigenvalue weighted by molar-refractivity contribution is -0.126. The van der Waals surface area contributed by atoms with Crippen LogP contribution in [0.25, 0.3) is 0 Å². The Morgan fingerprint density at radius 1 is 1.35 bits per heavy atom. The largest absolute Gasteiger partial charge is 0.356 e. The number of carbonyl (C=O) groups excluding carboxylic acids is 1. The van der Waals surface area contributed by atoms with Crippen molar-refractivity contribution in [1.82, 2.24) is 10.2 Å². The lowest BCUT2D eigenvalue weighted by Gasteiger charge is -2.20. The molecule has 4 heteroatoms. The summed E-state index contributed by atoms with van der Waals surface area (Å²) in [5.41, 5.74) is 5.76. The lowest BCUT2D eigenvalue weighted by atomic mass is 9.95. The van der Waals surface area contributed by atoms with Crippen LogP contribution in [0, 0.1) is 23.7 Å². The second-order valence-corrected chi connectivity index (χ2v) is 7.09. The van der Waals surface area contributed by atoms with E-state index in [1.165, 1.54) is 19.5 Å². The average molecular weight is 281 g/mol. The van der Waals surface area contributed by atoms with Crippen molar-refractivity contribution in [2.45, 2.75) is 39.5 Å². The number of nitrogens with two attached hydrogens (primary N) is 1. The van der Waals surface area contributed by atoms with Crippen LogP contribution >= 0.6 is 0 Å². The molecule has 116 valence electrons. The van der Waals surface area contributed by atoms with Gasteiger partial charge in [0.25, 0.3) is 0 Å². The molecule has 2 fully saturated rings. The highest BCUT2D eigenvalue weighted by Gasteiger charge is 2.32. The van der Waals surface area contributed by atoms with Crippen LogP contribution in [0.2, 0.25) is 0 Å². The van der Waals surface area contributed by atoms with Crippen LogP contribution < -0.4 is 11.1 Å². The molecule has 2 aliphatic rings. The minimum Gasteiger partial charge on any atom is -0.356 e. The Balaban J connectivity index is 1.69. The molecule has 1 aliphatic carbocycles. The van der Waals surface area contributed by atoms with Gasteiger partial charge in [-0.15, -0.1) is 0 Å². The topological polar surface area (TPSA) is 58.4 Å². The standard InChI is InChI=1S/C16H31N3O/c1-12(2)10-19-7-6-13(11-19)9-18-16(20)15-5-3-4-14(15)8-17/h12-15H,3-11,17H2,1-2H3,(H,18,20)/t13?,14-,15-/m1/s1.